The first-order valence-electron chi connectivity index (χ1n) is 11.9. The van der Waals surface area contributed by atoms with Gasteiger partial charge in [0.2, 0.25) is 10.0 Å². The first kappa shape index (κ1) is 24.9. The average Bonchev–Trinajstić information content (AvgIpc) is 2.85. The predicted octanol–water partition coefficient (Wildman–Crippen LogP) is 3.90. The Morgan fingerprint density at radius 3 is 2.43 bits per heavy atom. The molecule has 0 fully saturated rings. The molecule has 8 nitrogen and oxygen atoms in total. The van der Waals surface area contributed by atoms with Gasteiger partial charge in [0.05, 0.1) is 23.8 Å². The van der Waals surface area contributed by atoms with Crippen molar-refractivity contribution < 1.29 is 17.9 Å². The fourth-order valence-corrected chi connectivity index (χ4v) is 5.68. The Kier molecular flexibility index (Phi) is 7.57. The monoisotopic (exact) mass is 497 g/mol. The maximum absolute atomic E-state index is 13.3. The minimum atomic E-state index is -3.82. The molecule has 9 heteroatoms. The van der Waals surface area contributed by atoms with Crippen LogP contribution in [0.15, 0.2) is 46.1 Å². The molecule has 0 spiro atoms. The van der Waals surface area contributed by atoms with Crippen LogP contribution in [0.5, 0.6) is 11.5 Å². The molecule has 35 heavy (non-hydrogen) atoms. The minimum absolute atomic E-state index is 0.102. The van der Waals surface area contributed by atoms with Gasteiger partial charge in [0.1, 0.15) is 0 Å². The van der Waals surface area contributed by atoms with E-state index in [1.165, 1.54) is 0 Å². The van der Waals surface area contributed by atoms with Crippen LogP contribution in [0.3, 0.4) is 0 Å². The van der Waals surface area contributed by atoms with Crippen LogP contribution in [0.25, 0.3) is 11.3 Å². The van der Waals surface area contributed by atoms with E-state index in [0.29, 0.717) is 48.0 Å². The largest absolute Gasteiger partial charge is 0.490 e. The fraction of sp³-hybridized carbons (Fsp3) is 0.385. The topological polar surface area (TPSA) is 110 Å². The van der Waals surface area contributed by atoms with E-state index in [4.69, 9.17) is 9.47 Å². The highest BCUT2D eigenvalue weighted by Gasteiger charge is 2.22. The van der Waals surface area contributed by atoms with E-state index >= 15 is 0 Å². The molecule has 0 aliphatic heterocycles. The zero-order chi connectivity index (χ0) is 25.0. The van der Waals surface area contributed by atoms with Crippen molar-refractivity contribution in [3.8, 4) is 22.8 Å². The van der Waals surface area contributed by atoms with Gasteiger partial charge >= 0.3 is 0 Å². The second-order valence-electron chi connectivity index (χ2n) is 8.52. The Hall–Kier alpha value is -3.17. The van der Waals surface area contributed by atoms with Crippen molar-refractivity contribution in [1.82, 2.24) is 14.9 Å². The van der Waals surface area contributed by atoms with Gasteiger partial charge < -0.3 is 9.47 Å². The van der Waals surface area contributed by atoms with Gasteiger partial charge in [-0.3, -0.25) is 4.79 Å². The molecule has 1 aliphatic carbocycles. The molecule has 2 N–H and O–H groups in total. The number of sulfonamides is 1. The highest BCUT2D eigenvalue weighted by atomic mass is 32.2. The lowest BCUT2D eigenvalue weighted by molar-refractivity contribution is 0.287. The number of nitrogens with one attached hydrogen (secondary N) is 2. The van der Waals surface area contributed by atoms with Gasteiger partial charge in [-0.2, -0.15) is 5.10 Å². The zero-order valence-electron chi connectivity index (χ0n) is 20.3. The lowest BCUT2D eigenvalue weighted by Gasteiger charge is -2.18. The summed E-state index contributed by atoms with van der Waals surface area (Å²) in [5.74, 6) is 1.21. The molecule has 3 aromatic rings. The molecule has 2 aromatic carbocycles. The molecule has 0 atom stereocenters. The first-order valence-corrected chi connectivity index (χ1v) is 13.4. The molecule has 0 bridgehead atoms. The molecule has 1 heterocycles. The van der Waals surface area contributed by atoms with Crippen LogP contribution in [0, 0.1) is 6.92 Å². The van der Waals surface area contributed by atoms with E-state index in [1.807, 2.05) is 26.0 Å². The molecule has 4 rings (SSSR count). The van der Waals surface area contributed by atoms with Gasteiger partial charge in [0.25, 0.3) is 5.56 Å². The second-order valence-corrected chi connectivity index (χ2v) is 10.3. The van der Waals surface area contributed by atoms with Gasteiger partial charge in [0.15, 0.2) is 11.5 Å². The fourth-order valence-electron chi connectivity index (χ4n) is 4.40. The summed E-state index contributed by atoms with van der Waals surface area (Å²) in [6.45, 7) is 6.63. The zero-order valence-corrected chi connectivity index (χ0v) is 21.1. The van der Waals surface area contributed by atoms with Gasteiger partial charge in [-0.15, -0.1) is 0 Å². The minimum Gasteiger partial charge on any atom is -0.490 e. The number of aryl methyl sites for hydroxylation is 1. The normalized spacial score (nSPS) is 13.3. The Balaban J connectivity index is 1.62. The number of fused-ring (bicyclic) bond motifs is 1. The SMILES string of the molecule is CCOc1ccc(CNS(=O)(=O)c2cc(-c3n[nH]c(=O)c4c3CCCC4)ccc2C)cc1OCC. The smallest absolute Gasteiger partial charge is 0.267 e. The van der Waals surface area contributed by atoms with Crippen molar-refractivity contribution in [3.63, 3.8) is 0 Å². The predicted molar refractivity (Wildman–Crippen MR) is 134 cm³/mol. The molecule has 0 radical (unpaired) electrons. The van der Waals surface area contributed by atoms with E-state index in [9.17, 15) is 13.2 Å². The third-order valence-electron chi connectivity index (χ3n) is 6.12. The van der Waals surface area contributed by atoms with Crippen molar-refractivity contribution >= 4 is 10.0 Å². The molecular weight excluding hydrogens is 466 g/mol. The van der Waals surface area contributed by atoms with Gasteiger partial charge in [-0.25, -0.2) is 18.2 Å². The van der Waals surface area contributed by atoms with Gasteiger partial charge in [-0.05, 0) is 81.3 Å². The maximum Gasteiger partial charge on any atom is 0.267 e. The summed E-state index contributed by atoms with van der Waals surface area (Å²) in [4.78, 5) is 12.4. The van der Waals surface area contributed by atoms with E-state index < -0.39 is 10.0 Å². The summed E-state index contributed by atoms with van der Waals surface area (Å²) < 4.78 is 40.5. The number of H-pyrrole nitrogens is 1. The maximum atomic E-state index is 13.3. The van der Waals surface area contributed by atoms with Crippen molar-refractivity contribution in [1.29, 1.82) is 0 Å². The Morgan fingerprint density at radius 1 is 0.971 bits per heavy atom. The number of hydrogen-bond donors (Lipinski definition) is 2. The molecule has 0 saturated carbocycles. The molecular formula is C26H31N3O5S. The molecule has 1 aliphatic rings. The van der Waals surface area contributed by atoms with Crippen molar-refractivity contribution in [2.75, 3.05) is 13.2 Å². The van der Waals surface area contributed by atoms with Crippen LogP contribution in [0.1, 0.15) is 48.9 Å². The third kappa shape index (κ3) is 5.41. The highest BCUT2D eigenvalue weighted by Crippen LogP contribution is 2.31. The summed E-state index contributed by atoms with van der Waals surface area (Å²) in [5.41, 5.74) is 4.20. The van der Waals surface area contributed by atoms with Gasteiger partial charge in [0, 0.05) is 17.7 Å². The quantitative estimate of drug-likeness (QED) is 0.464. The van der Waals surface area contributed by atoms with Crippen LogP contribution >= 0.6 is 0 Å². The number of nitrogens with zero attached hydrogens (tertiary/aromatic N) is 1. The summed E-state index contributed by atoms with van der Waals surface area (Å²) in [6, 6.07) is 10.7. The standard InChI is InChI=1S/C26H31N3O5S/c1-4-33-22-13-11-18(14-23(22)34-5-2)16-27-35(31,32)24-15-19(12-10-17(24)3)25-20-8-6-7-9-21(20)26(30)29-28-25/h10-15,27H,4-9,16H2,1-3H3,(H,29,30). The summed E-state index contributed by atoms with van der Waals surface area (Å²) in [5, 5.41) is 6.86. The number of benzene rings is 2. The van der Waals surface area contributed by atoms with Crippen molar-refractivity contribution in [2.24, 2.45) is 0 Å². The first-order chi connectivity index (χ1) is 16.8. The molecule has 0 saturated heterocycles. The highest BCUT2D eigenvalue weighted by molar-refractivity contribution is 7.89. The number of aromatic nitrogens is 2. The van der Waals surface area contributed by atoms with Crippen molar-refractivity contribution in [2.45, 2.75) is 57.9 Å². The Bertz CT molecular complexity index is 1380. The average molecular weight is 498 g/mol. The molecule has 1 aromatic heterocycles. The van der Waals surface area contributed by atoms with E-state index in [2.05, 4.69) is 14.9 Å². The van der Waals surface area contributed by atoms with E-state index in [1.54, 1.807) is 31.2 Å². The summed E-state index contributed by atoms with van der Waals surface area (Å²) >= 11 is 0. The summed E-state index contributed by atoms with van der Waals surface area (Å²) in [7, 11) is -3.82. The number of ether oxygens (including phenoxy) is 2. The molecule has 0 amide bonds. The third-order valence-corrected chi connectivity index (χ3v) is 7.67. The molecule has 0 unspecified atom stereocenters. The number of rotatable bonds is 9. The van der Waals surface area contributed by atoms with Crippen molar-refractivity contribution in [3.05, 3.63) is 69.0 Å². The van der Waals surface area contributed by atoms with Crippen LogP contribution in [-0.4, -0.2) is 31.8 Å². The van der Waals surface area contributed by atoms with E-state index in [-0.39, 0.29) is 17.0 Å². The van der Waals surface area contributed by atoms with Gasteiger partial charge in [-0.1, -0.05) is 18.2 Å². The second kappa shape index (κ2) is 10.6. The number of hydrogen-bond acceptors (Lipinski definition) is 6. The Labute approximate surface area is 205 Å². The lowest BCUT2D eigenvalue weighted by Crippen LogP contribution is -2.24. The van der Waals surface area contributed by atoms with Crippen LogP contribution < -0.4 is 19.8 Å². The van der Waals surface area contributed by atoms with Crippen LogP contribution in [0.4, 0.5) is 0 Å². The molecule has 186 valence electrons. The summed E-state index contributed by atoms with van der Waals surface area (Å²) in [6.07, 6.45) is 3.42. The van der Waals surface area contributed by atoms with E-state index in [0.717, 1.165) is 36.0 Å². The lowest BCUT2D eigenvalue weighted by atomic mass is 9.90. The van der Waals surface area contributed by atoms with Crippen LogP contribution in [-0.2, 0) is 29.4 Å². The van der Waals surface area contributed by atoms with Crippen LogP contribution in [0.2, 0.25) is 0 Å². The Morgan fingerprint density at radius 2 is 1.69 bits per heavy atom. The number of aromatic amines is 1.